The molecule has 1 aliphatic rings. The van der Waals surface area contributed by atoms with Crippen molar-refractivity contribution < 1.29 is 40.4 Å². The van der Waals surface area contributed by atoms with Crippen LogP contribution >= 0.6 is 8.03 Å². The predicted octanol–water partition coefficient (Wildman–Crippen LogP) is -0.830. The Kier molecular flexibility index (Phi) is 6.28. The molecule has 0 saturated heterocycles. The summed E-state index contributed by atoms with van der Waals surface area (Å²) in [6, 6.07) is 0. The maximum absolute atomic E-state index is 10.5. The third-order valence-corrected chi connectivity index (χ3v) is 3.03. The van der Waals surface area contributed by atoms with Gasteiger partial charge in [-0.15, -0.1) is 0 Å². The first-order valence-electron chi connectivity index (χ1n) is 3.46. The number of rotatable bonds is 1. The maximum Gasteiger partial charge on any atom is 1.00 e. The molecule has 0 amide bonds. The summed E-state index contributed by atoms with van der Waals surface area (Å²) in [5, 5.41) is 0. The molecule has 2 nitrogen and oxygen atoms in total. The molecule has 1 atom stereocenters. The molecule has 0 spiro atoms. The second-order valence-corrected chi connectivity index (χ2v) is 3.93. The number of hydrogen-bond donors (Lipinski definition) is 1. The SMILES string of the molecule is O=[P+](O)C1CCCCC1.[H-].[Na+]. The van der Waals surface area contributed by atoms with Gasteiger partial charge in [-0.3, -0.25) is 0 Å². The largest absolute Gasteiger partial charge is 1.00 e. The Morgan fingerprint density at radius 2 is 1.80 bits per heavy atom. The molecule has 0 aromatic heterocycles. The standard InChI is InChI=1S/C6H11O2P.Na.H/c7-9(8)6-4-2-1-3-5-6;;/h6H,1-5H2;;/q;+1;-1/p+1. The summed E-state index contributed by atoms with van der Waals surface area (Å²) in [5.41, 5.74) is 0.119. The average molecular weight is 171 g/mol. The van der Waals surface area contributed by atoms with Crippen LogP contribution in [-0.4, -0.2) is 10.6 Å². The molecule has 1 saturated carbocycles. The Morgan fingerprint density at radius 1 is 1.30 bits per heavy atom. The molecule has 1 unspecified atom stereocenters. The Balaban J connectivity index is 0. The fourth-order valence-corrected chi connectivity index (χ4v) is 2.11. The van der Waals surface area contributed by atoms with Crippen LogP contribution in [0.1, 0.15) is 33.5 Å². The summed E-state index contributed by atoms with van der Waals surface area (Å²) >= 11 is 0. The molecular weight excluding hydrogens is 158 g/mol. The van der Waals surface area contributed by atoms with Crippen molar-refractivity contribution in [3.8, 4) is 0 Å². The predicted molar refractivity (Wildman–Crippen MR) is 37.8 cm³/mol. The van der Waals surface area contributed by atoms with Crippen molar-refractivity contribution >= 4 is 8.03 Å². The Bertz CT molecular complexity index is 117. The van der Waals surface area contributed by atoms with Crippen molar-refractivity contribution in [1.29, 1.82) is 0 Å². The zero-order valence-electron chi connectivity index (χ0n) is 7.42. The fraction of sp³-hybridized carbons (Fsp3) is 1.00. The molecule has 0 radical (unpaired) electrons. The average Bonchev–Trinajstić information content (AvgIpc) is 1.90. The monoisotopic (exact) mass is 171 g/mol. The molecule has 10 heavy (non-hydrogen) atoms. The zero-order chi connectivity index (χ0) is 6.69. The van der Waals surface area contributed by atoms with Crippen molar-refractivity contribution in [3.05, 3.63) is 0 Å². The summed E-state index contributed by atoms with van der Waals surface area (Å²) in [7, 11) is -1.87. The summed E-state index contributed by atoms with van der Waals surface area (Å²) in [4.78, 5) is 8.69. The molecule has 0 aliphatic heterocycles. The van der Waals surface area contributed by atoms with Gasteiger partial charge in [0, 0.05) is 0 Å². The Labute approximate surface area is 86.0 Å². The van der Waals surface area contributed by atoms with E-state index in [4.69, 9.17) is 4.89 Å². The third-order valence-electron chi connectivity index (χ3n) is 1.89. The Hall–Kier alpha value is 1.06. The Morgan fingerprint density at radius 3 is 2.10 bits per heavy atom. The molecular formula is C6H13NaO2P+. The maximum atomic E-state index is 10.5. The van der Waals surface area contributed by atoms with E-state index >= 15 is 0 Å². The minimum absolute atomic E-state index is 0. The first-order chi connectivity index (χ1) is 4.30. The van der Waals surface area contributed by atoms with Crippen LogP contribution in [0.3, 0.4) is 0 Å². The van der Waals surface area contributed by atoms with Crippen molar-refractivity contribution in [1.82, 2.24) is 0 Å². The van der Waals surface area contributed by atoms with Gasteiger partial charge in [-0.25, -0.2) is 0 Å². The quantitative estimate of drug-likeness (QED) is 0.413. The second-order valence-electron chi connectivity index (χ2n) is 2.59. The van der Waals surface area contributed by atoms with Gasteiger partial charge in [-0.1, -0.05) is 6.42 Å². The molecule has 1 fully saturated rings. The summed E-state index contributed by atoms with van der Waals surface area (Å²) in [5.74, 6) is 0. The van der Waals surface area contributed by atoms with E-state index in [-0.39, 0.29) is 36.6 Å². The van der Waals surface area contributed by atoms with Crippen LogP contribution in [0.25, 0.3) is 0 Å². The van der Waals surface area contributed by atoms with Gasteiger partial charge in [0.25, 0.3) is 0 Å². The molecule has 1 rings (SSSR count). The second kappa shape index (κ2) is 5.68. The van der Waals surface area contributed by atoms with E-state index in [9.17, 15) is 4.57 Å². The molecule has 1 aliphatic carbocycles. The smallest absolute Gasteiger partial charge is 1.00 e. The van der Waals surface area contributed by atoms with Gasteiger partial charge in [0.05, 0.1) is 0 Å². The summed E-state index contributed by atoms with van der Waals surface area (Å²) in [6.45, 7) is 0. The van der Waals surface area contributed by atoms with Gasteiger partial charge < -0.3 is 1.43 Å². The van der Waals surface area contributed by atoms with Crippen molar-refractivity contribution in [3.63, 3.8) is 0 Å². The van der Waals surface area contributed by atoms with Crippen LogP contribution in [0.2, 0.25) is 0 Å². The van der Waals surface area contributed by atoms with E-state index in [0.717, 1.165) is 25.7 Å². The molecule has 4 heteroatoms. The molecule has 0 heterocycles. The van der Waals surface area contributed by atoms with Gasteiger partial charge in [0.1, 0.15) is 0 Å². The van der Waals surface area contributed by atoms with Crippen LogP contribution in [-0.2, 0) is 4.57 Å². The van der Waals surface area contributed by atoms with Crippen molar-refractivity contribution in [2.45, 2.75) is 37.8 Å². The van der Waals surface area contributed by atoms with Gasteiger partial charge in [-0.2, -0.15) is 4.89 Å². The van der Waals surface area contributed by atoms with Crippen LogP contribution in [0, 0.1) is 0 Å². The van der Waals surface area contributed by atoms with E-state index in [2.05, 4.69) is 0 Å². The minimum atomic E-state index is -1.87. The molecule has 54 valence electrons. The van der Waals surface area contributed by atoms with E-state index in [1.165, 1.54) is 6.42 Å². The zero-order valence-corrected chi connectivity index (χ0v) is 9.31. The normalized spacial score (nSPS) is 21.5. The van der Waals surface area contributed by atoms with Crippen LogP contribution < -0.4 is 29.6 Å². The summed E-state index contributed by atoms with van der Waals surface area (Å²) < 4.78 is 10.5. The van der Waals surface area contributed by atoms with Crippen molar-refractivity contribution in [2.75, 3.05) is 0 Å². The number of hydrogen-bond acceptors (Lipinski definition) is 1. The van der Waals surface area contributed by atoms with Gasteiger partial charge in [0.15, 0.2) is 5.66 Å². The molecule has 0 aromatic carbocycles. The van der Waals surface area contributed by atoms with E-state index in [0.29, 0.717) is 0 Å². The van der Waals surface area contributed by atoms with E-state index < -0.39 is 8.03 Å². The third kappa shape index (κ3) is 3.45. The molecule has 1 N–H and O–H groups in total. The van der Waals surface area contributed by atoms with Crippen LogP contribution in [0.5, 0.6) is 0 Å². The van der Waals surface area contributed by atoms with E-state index in [1.54, 1.807) is 0 Å². The van der Waals surface area contributed by atoms with E-state index in [1.807, 2.05) is 0 Å². The minimum Gasteiger partial charge on any atom is -1.00 e. The van der Waals surface area contributed by atoms with Crippen molar-refractivity contribution in [2.24, 2.45) is 0 Å². The van der Waals surface area contributed by atoms with Gasteiger partial charge in [0.2, 0.25) is 0 Å². The van der Waals surface area contributed by atoms with Gasteiger partial charge >= 0.3 is 37.6 Å². The van der Waals surface area contributed by atoms with Crippen LogP contribution in [0.15, 0.2) is 0 Å². The first kappa shape index (κ1) is 11.1. The molecule has 0 bridgehead atoms. The summed E-state index contributed by atoms with van der Waals surface area (Å²) in [6.07, 6.45) is 5.47. The molecule has 0 aromatic rings. The van der Waals surface area contributed by atoms with Crippen LogP contribution in [0.4, 0.5) is 0 Å². The van der Waals surface area contributed by atoms with Gasteiger partial charge in [-0.05, 0) is 30.2 Å². The first-order valence-corrected chi connectivity index (χ1v) is 4.74. The fourth-order valence-electron chi connectivity index (χ4n) is 1.30. The topological polar surface area (TPSA) is 37.3 Å².